The van der Waals surface area contributed by atoms with Gasteiger partial charge in [0.25, 0.3) is 0 Å². The highest BCUT2D eigenvalue weighted by molar-refractivity contribution is 9.09. The highest BCUT2D eigenvalue weighted by Crippen LogP contribution is 2.45. The molecule has 0 aromatic carbocycles. The first-order valence-corrected chi connectivity index (χ1v) is 11.1. The summed E-state index contributed by atoms with van der Waals surface area (Å²) in [5.41, 5.74) is 2.11. The second-order valence-electron chi connectivity index (χ2n) is 7.09. The molecule has 0 aromatic heterocycles. The number of hydrogen-bond acceptors (Lipinski definition) is 4. The van der Waals surface area contributed by atoms with E-state index in [1.807, 2.05) is 13.8 Å². The van der Waals surface area contributed by atoms with Gasteiger partial charge in [-0.3, -0.25) is 0 Å². The molecule has 26 heavy (non-hydrogen) atoms. The van der Waals surface area contributed by atoms with Crippen molar-refractivity contribution in [2.75, 3.05) is 11.9 Å². The van der Waals surface area contributed by atoms with E-state index in [4.69, 9.17) is 14.2 Å². The summed E-state index contributed by atoms with van der Waals surface area (Å²) in [6.45, 7) is 10.5. The third-order valence-corrected chi connectivity index (χ3v) is 6.36. The molecular weight excluding hydrogens is 464 g/mol. The molecule has 2 bridgehead atoms. The van der Waals surface area contributed by atoms with E-state index in [2.05, 4.69) is 57.9 Å². The Kier molecular flexibility index (Phi) is 7.72. The molecule has 0 saturated carbocycles. The zero-order chi connectivity index (χ0) is 19.5. The Morgan fingerprint density at radius 3 is 2.73 bits per heavy atom. The van der Waals surface area contributed by atoms with E-state index in [1.54, 1.807) is 13.0 Å². The number of fused-ring (bicyclic) bond motifs is 2. The minimum atomic E-state index is -0.702. The first-order valence-electron chi connectivity index (χ1n) is 9.02. The van der Waals surface area contributed by atoms with Gasteiger partial charge in [-0.15, -0.1) is 0 Å². The lowest BCUT2D eigenvalue weighted by Crippen LogP contribution is -2.59. The summed E-state index contributed by atoms with van der Waals surface area (Å²) in [4.78, 5) is 11.6. The summed E-state index contributed by atoms with van der Waals surface area (Å²) in [6, 6.07) is 0. The summed E-state index contributed by atoms with van der Waals surface area (Å²) >= 11 is 7.29. The number of esters is 1. The largest absolute Gasteiger partial charge is 0.463 e. The second-order valence-corrected chi connectivity index (χ2v) is 8.71. The van der Waals surface area contributed by atoms with Crippen molar-refractivity contribution in [1.29, 1.82) is 0 Å². The molecule has 0 aliphatic carbocycles. The van der Waals surface area contributed by atoms with Crippen molar-refractivity contribution >= 4 is 37.8 Å². The van der Waals surface area contributed by atoms with Gasteiger partial charge in [0.2, 0.25) is 0 Å². The third kappa shape index (κ3) is 4.89. The van der Waals surface area contributed by atoms with Gasteiger partial charge < -0.3 is 14.2 Å². The van der Waals surface area contributed by atoms with Crippen molar-refractivity contribution in [3.05, 3.63) is 35.5 Å². The van der Waals surface area contributed by atoms with Crippen LogP contribution in [0.5, 0.6) is 0 Å². The third-order valence-electron chi connectivity index (χ3n) is 4.97. The predicted molar refractivity (Wildman–Crippen MR) is 111 cm³/mol. The number of carbonyl (C=O) groups excluding carboxylic acids is 1. The van der Waals surface area contributed by atoms with E-state index >= 15 is 0 Å². The van der Waals surface area contributed by atoms with Crippen molar-refractivity contribution in [1.82, 2.24) is 0 Å². The molecule has 2 rings (SSSR count). The van der Waals surface area contributed by atoms with Gasteiger partial charge in [-0.2, -0.15) is 0 Å². The Labute approximate surface area is 173 Å². The van der Waals surface area contributed by atoms with E-state index in [0.29, 0.717) is 11.9 Å². The van der Waals surface area contributed by atoms with Crippen LogP contribution in [-0.4, -0.2) is 40.7 Å². The van der Waals surface area contributed by atoms with Crippen LogP contribution in [0, 0.1) is 11.8 Å². The molecule has 1 saturated heterocycles. The number of ether oxygens (including phenoxy) is 3. The SMILES string of the molecule is CCOC(=O)/C=C/C(C)=C/[C@@H](C)[C@H]1OC2(C)OC(C(Br)C=C2CBr)C1C. The number of allylic oxidation sites excluding steroid dienone is 2. The average molecular weight is 492 g/mol. The van der Waals surface area contributed by atoms with Crippen LogP contribution < -0.4 is 0 Å². The molecular formula is C20H28Br2O4. The smallest absolute Gasteiger partial charge is 0.330 e. The molecule has 0 aromatic rings. The molecule has 2 aliphatic heterocycles. The summed E-state index contributed by atoms with van der Waals surface area (Å²) in [7, 11) is 0. The quantitative estimate of drug-likeness (QED) is 0.174. The standard InChI is InChI=1S/C20H28Br2O4/c1-6-24-17(23)8-7-12(2)9-13(3)18-14(4)19-16(22)10-15(11-21)20(5,25-18)26-19/h7-10,13-14,16,18-19H,6,11H2,1-5H3/b8-7+,12-9+/t13-,14?,16?,18-,19?,20?/m1/s1. The minimum absolute atomic E-state index is 0.0208. The molecule has 0 N–H and O–H groups in total. The molecule has 1 fully saturated rings. The average Bonchev–Trinajstić information content (AvgIpc) is 2.59. The maximum Gasteiger partial charge on any atom is 0.330 e. The van der Waals surface area contributed by atoms with E-state index < -0.39 is 5.79 Å². The highest BCUT2D eigenvalue weighted by Gasteiger charge is 2.51. The number of halogens is 2. The van der Waals surface area contributed by atoms with Gasteiger partial charge in [-0.1, -0.05) is 69.5 Å². The maximum absolute atomic E-state index is 11.5. The Hall–Kier alpha value is -0.430. The van der Waals surface area contributed by atoms with Crippen LogP contribution in [0.3, 0.4) is 0 Å². The molecule has 0 amide bonds. The molecule has 2 aliphatic rings. The molecule has 0 spiro atoms. The van der Waals surface area contributed by atoms with Crippen molar-refractivity contribution in [2.45, 2.75) is 57.4 Å². The topological polar surface area (TPSA) is 44.8 Å². The van der Waals surface area contributed by atoms with Crippen LogP contribution in [0.2, 0.25) is 0 Å². The number of alkyl halides is 2. The predicted octanol–water partition coefficient (Wildman–Crippen LogP) is 4.92. The Balaban J connectivity index is 2.16. The van der Waals surface area contributed by atoms with Crippen LogP contribution >= 0.6 is 31.9 Å². The summed E-state index contributed by atoms with van der Waals surface area (Å²) in [6.07, 6.45) is 7.68. The Bertz CT molecular complexity index is 613. The first-order chi connectivity index (χ1) is 12.2. The lowest BCUT2D eigenvalue weighted by molar-refractivity contribution is -0.316. The van der Waals surface area contributed by atoms with Crippen LogP contribution in [0.25, 0.3) is 0 Å². The van der Waals surface area contributed by atoms with Crippen LogP contribution in [-0.2, 0) is 19.0 Å². The van der Waals surface area contributed by atoms with E-state index in [0.717, 1.165) is 11.1 Å². The minimum Gasteiger partial charge on any atom is -0.463 e. The monoisotopic (exact) mass is 490 g/mol. The number of hydrogen-bond donors (Lipinski definition) is 0. The summed E-state index contributed by atoms with van der Waals surface area (Å²) in [5.74, 6) is -0.614. The van der Waals surface area contributed by atoms with Gasteiger partial charge in [0.05, 0.1) is 23.6 Å². The Morgan fingerprint density at radius 2 is 2.12 bits per heavy atom. The molecule has 6 atom stereocenters. The van der Waals surface area contributed by atoms with Gasteiger partial charge >= 0.3 is 5.97 Å². The van der Waals surface area contributed by atoms with E-state index in [-0.39, 0.29) is 34.8 Å². The summed E-state index contributed by atoms with van der Waals surface area (Å²) < 4.78 is 17.6. The first kappa shape index (κ1) is 21.9. The molecule has 2 heterocycles. The van der Waals surface area contributed by atoms with Gasteiger partial charge in [0, 0.05) is 23.2 Å². The fourth-order valence-corrected chi connectivity index (χ4v) is 5.21. The van der Waals surface area contributed by atoms with Gasteiger partial charge in [-0.25, -0.2) is 4.79 Å². The van der Waals surface area contributed by atoms with Gasteiger partial charge in [-0.05, 0) is 26.3 Å². The molecule has 4 nitrogen and oxygen atoms in total. The molecule has 6 heteroatoms. The van der Waals surface area contributed by atoms with Crippen LogP contribution in [0.1, 0.15) is 34.6 Å². The van der Waals surface area contributed by atoms with Gasteiger partial charge in [0.1, 0.15) is 0 Å². The fraction of sp³-hybridized carbons (Fsp3) is 0.650. The zero-order valence-corrected chi connectivity index (χ0v) is 19.2. The van der Waals surface area contributed by atoms with Crippen LogP contribution in [0.4, 0.5) is 0 Å². The number of rotatable bonds is 6. The lowest BCUT2D eigenvalue weighted by atomic mass is 9.82. The molecule has 0 radical (unpaired) electrons. The lowest BCUT2D eigenvalue weighted by Gasteiger charge is -2.52. The van der Waals surface area contributed by atoms with Gasteiger partial charge in [0.15, 0.2) is 5.79 Å². The highest BCUT2D eigenvalue weighted by atomic mass is 79.9. The van der Waals surface area contributed by atoms with Crippen molar-refractivity contribution in [3.8, 4) is 0 Å². The number of carbonyl (C=O) groups is 1. The van der Waals surface area contributed by atoms with Crippen molar-refractivity contribution in [3.63, 3.8) is 0 Å². The summed E-state index contributed by atoms with van der Waals surface area (Å²) in [5, 5.41) is 0.713. The van der Waals surface area contributed by atoms with Crippen molar-refractivity contribution in [2.24, 2.45) is 11.8 Å². The normalized spacial score (nSPS) is 36.0. The zero-order valence-electron chi connectivity index (χ0n) is 16.0. The van der Waals surface area contributed by atoms with Crippen LogP contribution in [0.15, 0.2) is 35.5 Å². The van der Waals surface area contributed by atoms with E-state index in [9.17, 15) is 4.79 Å². The fourth-order valence-electron chi connectivity index (χ4n) is 3.60. The second kappa shape index (κ2) is 9.18. The van der Waals surface area contributed by atoms with Crippen molar-refractivity contribution < 1.29 is 19.0 Å². The maximum atomic E-state index is 11.5. The van der Waals surface area contributed by atoms with E-state index in [1.165, 1.54) is 6.08 Å². The Morgan fingerprint density at radius 1 is 1.42 bits per heavy atom. The molecule has 146 valence electrons. The molecule has 4 unspecified atom stereocenters.